The first-order valence-electron chi connectivity index (χ1n) is 8.34. The van der Waals surface area contributed by atoms with Crippen LogP contribution in [0.5, 0.6) is 0 Å². The number of rotatable bonds is 4. The highest BCUT2D eigenvalue weighted by Crippen LogP contribution is 2.32. The third-order valence-corrected chi connectivity index (χ3v) is 4.35. The maximum Gasteiger partial charge on any atom is 0.419 e. The predicted octanol–water partition coefficient (Wildman–Crippen LogP) is 5.51. The Bertz CT molecular complexity index is 1100. The fourth-order valence-corrected chi connectivity index (χ4v) is 2.70. The molecule has 3 rings (SSSR count). The van der Waals surface area contributed by atoms with E-state index in [0.29, 0.717) is 18.0 Å². The number of nitrogens with zero attached hydrogens (tertiary/aromatic N) is 1. The topological polar surface area (TPSA) is 71.1 Å². The number of alkyl halides is 3. The van der Waals surface area contributed by atoms with E-state index >= 15 is 0 Å². The molecule has 0 radical (unpaired) electrons. The van der Waals surface area contributed by atoms with Gasteiger partial charge in [-0.15, -0.1) is 0 Å². The van der Waals surface area contributed by atoms with Gasteiger partial charge in [0.15, 0.2) is 0 Å². The molecular weight excluding hydrogens is 470 g/mol. The van der Waals surface area contributed by atoms with Crippen LogP contribution in [0.1, 0.15) is 26.3 Å². The van der Waals surface area contributed by atoms with E-state index in [1.807, 2.05) is 0 Å². The Hall–Kier alpha value is -3.27. The molecule has 5 nitrogen and oxygen atoms in total. The number of halogens is 5. The Labute approximate surface area is 176 Å². The van der Waals surface area contributed by atoms with Crippen molar-refractivity contribution in [2.45, 2.75) is 6.18 Å². The lowest BCUT2D eigenvalue weighted by Gasteiger charge is -2.11. The molecule has 0 atom stereocenters. The third kappa shape index (κ3) is 5.20. The van der Waals surface area contributed by atoms with Crippen molar-refractivity contribution in [3.63, 3.8) is 0 Å². The molecule has 2 amide bonds. The zero-order valence-electron chi connectivity index (χ0n) is 14.9. The summed E-state index contributed by atoms with van der Waals surface area (Å²) in [7, 11) is 0. The van der Waals surface area contributed by atoms with Gasteiger partial charge in [0, 0.05) is 27.5 Å². The van der Waals surface area contributed by atoms with Crippen LogP contribution in [0.25, 0.3) is 0 Å². The van der Waals surface area contributed by atoms with Crippen LogP contribution in [0, 0.1) is 5.82 Å². The molecule has 0 fully saturated rings. The monoisotopic (exact) mass is 481 g/mol. The molecule has 10 heteroatoms. The normalized spacial score (nSPS) is 11.1. The first-order chi connectivity index (χ1) is 14.1. The summed E-state index contributed by atoms with van der Waals surface area (Å²) in [6, 6.07) is 11.0. The van der Waals surface area contributed by atoms with E-state index in [1.54, 1.807) is 12.1 Å². The SMILES string of the molecule is O=C(Nc1cccc(C(=O)Nc2ccc(Br)cn2)c1)c1ccc(F)c(C(F)(F)F)c1. The highest BCUT2D eigenvalue weighted by atomic mass is 79.9. The smallest absolute Gasteiger partial charge is 0.322 e. The number of hydrogen-bond acceptors (Lipinski definition) is 3. The summed E-state index contributed by atoms with van der Waals surface area (Å²) in [5.74, 6) is -2.54. The van der Waals surface area contributed by atoms with E-state index in [0.717, 1.165) is 10.5 Å². The van der Waals surface area contributed by atoms with Crippen LogP contribution in [-0.4, -0.2) is 16.8 Å². The number of aromatic nitrogens is 1. The fourth-order valence-electron chi connectivity index (χ4n) is 2.46. The maximum atomic E-state index is 13.4. The zero-order valence-corrected chi connectivity index (χ0v) is 16.5. The van der Waals surface area contributed by atoms with Gasteiger partial charge in [-0.05, 0) is 64.5 Å². The lowest BCUT2D eigenvalue weighted by Crippen LogP contribution is -2.16. The van der Waals surface area contributed by atoms with Crippen LogP contribution in [0.15, 0.2) is 65.3 Å². The molecule has 0 saturated heterocycles. The average Bonchev–Trinajstić information content (AvgIpc) is 2.69. The van der Waals surface area contributed by atoms with Crippen molar-refractivity contribution in [1.82, 2.24) is 4.98 Å². The number of hydrogen-bond donors (Lipinski definition) is 2. The Morgan fingerprint density at radius 2 is 1.60 bits per heavy atom. The summed E-state index contributed by atoms with van der Waals surface area (Å²) in [5.41, 5.74) is -1.55. The molecule has 2 N–H and O–H groups in total. The van der Waals surface area contributed by atoms with Gasteiger partial charge in [-0.3, -0.25) is 9.59 Å². The summed E-state index contributed by atoms with van der Waals surface area (Å²) >= 11 is 3.23. The van der Waals surface area contributed by atoms with Crippen molar-refractivity contribution in [2.24, 2.45) is 0 Å². The van der Waals surface area contributed by atoms with E-state index in [9.17, 15) is 27.2 Å². The molecule has 30 heavy (non-hydrogen) atoms. The van der Waals surface area contributed by atoms with Crippen molar-refractivity contribution in [3.8, 4) is 0 Å². The highest BCUT2D eigenvalue weighted by molar-refractivity contribution is 9.10. The molecule has 0 aliphatic carbocycles. The van der Waals surface area contributed by atoms with Gasteiger partial charge in [0.2, 0.25) is 0 Å². The zero-order chi connectivity index (χ0) is 21.9. The molecule has 0 unspecified atom stereocenters. The Morgan fingerprint density at radius 1 is 0.900 bits per heavy atom. The molecule has 3 aromatic rings. The molecule has 0 spiro atoms. The summed E-state index contributed by atoms with van der Waals surface area (Å²) in [6.45, 7) is 0. The summed E-state index contributed by atoms with van der Waals surface area (Å²) in [5, 5.41) is 4.97. The Morgan fingerprint density at radius 3 is 2.27 bits per heavy atom. The van der Waals surface area contributed by atoms with Crippen molar-refractivity contribution in [2.75, 3.05) is 10.6 Å². The van der Waals surface area contributed by atoms with E-state index in [4.69, 9.17) is 0 Å². The molecular formula is C20H12BrF4N3O2. The van der Waals surface area contributed by atoms with Gasteiger partial charge in [0.1, 0.15) is 11.6 Å². The standard InChI is InChI=1S/C20H12BrF4N3O2/c21-13-5-7-17(26-10-13)28-19(30)11-2-1-3-14(8-11)27-18(29)12-4-6-16(22)15(9-12)20(23,24)25/h1-10H,(H,27,29)(H,26,28,30). The number of pyridine rings is 1. The Kier molecular flexibility index (Phi) is 6.16. The first kappa shape index (κ1) is 21.4. The number of carbonyl (C=O) groups excluding carboxylic acids is 2. The van der Waals surface area contributed by atoms with Crippen molar-refractivity contribution in [3.05, 3.63) is 87.8 Å². The van der Waals surface area contributed by atoms with Crippen LogP contribution in [-0.2, 0) is 6.18 Å². The number of anilines is 2. The van der Waals surface area contributed by atoms with Crippen LogP contribution in [0.4, 0.5) is 29.1 Å². The van der Waals surface area contributed by atoms with Gasteiger partial charge < -0.3 is 10.6 Å². The van der Waals surface area contributed by atoms with Crippen LogP contribution >= 0.6 is 15.9 Å². The van der Waals surface area contributed by atoms with Crippen LogP contribution in [0.3, 0.4) is 0 Å². The number of nitrogens with one attached hydrogen (secondary N) is 2. The summed E-state index contributed by atoms with van der Waals surface area (Å²) in [6.07, 6.45) is -3.43. The van der Waals surface area contributed by atoms with E-state index < -0.39 is 29.4 Å². The lowest BCUT2D eigenvalue weighted by atomic mass is 10.1. The van der Waals surface area contributed by atoms with Gasteiger partial charge in [-0.25, -0.2) is 9.37 Å². The molecule has 0 saturated carbocycles. The van der Waals surface area contributed by atoms with Crippen molar-refractivity contribution >= 4 is 39.2 Å². The quantitative estimate of drug-likeness (QED) is 0.483. The minimum absolute atomic E-state index is 0.175. The minimum atomic E-state index is -4.93. The largest absolute Gasteiger partial charge is 0.419 e. The van der Waals surface area contributed by atoms with Crippen LogP contribution < -0.4 is 10.6 Å². The summed E-state index contributed by atoms with van der Waals surface area (Å²) < 4.78 is 52.6. The van der Waals surface area contributed by atoms with E-state index in [1.165, 1.54) is 30.5 Å². The number of amides is 2. The first-order valence-corrected chi connectivity index (χ1v) is 9.14. The molecule has 154 valence electrons. The van der Waals surface area contributed by atoms with Crippen LogP contribution in [0.2, 0.25) is 0 Å². The molecule has 0 aliphatic rings. The molecule has 1 heterocycles. The van der Waals surface area contributed by atoms with Gasteiger partial charge in [0.25, 0.3) is 11.8 Å². The third-order valence-electron chi connectivity index (χ3n) is 3.89. The fraction of sp³-hybridized carbons (Fsp3) is 0.0500. The number of benzene rings is 2. The molecule has 0 bridgehead atoms. The average molecular weight is 482 g/mol. The van der Waals surface area contributed by atoms with Crippen molar-refractivity contribution < 1.29 is 27.2 Å². The highest BCUT2D eigenvalue weighted by Gasteiger charge is 2.34. The molecule has 2 aromatic carbocycles. The lowest BCUT2D eigenvalue weighted by molar-refractivity contribution is -0.140. The summed E-state index contributed by atoms with van der Waals surface area (Å²) in [4.78, 5) is 28.7. The Balaban J connectivity index is 1.76. The predicted molar refractivity (Wildman–Crippen MR) is 106 cm³/mol. The second-order valence-corrected chi connectivity index (χ2v) is 6.96. The number of carbonyl (C=O) groups is 2. The second-order valence-electron chi connectivity index (χ2n) is 6.04. The minimum Gasteiger partial charge on any atom is -0.322 e. The van der Waals surface area contributed by atoms with Crippen molar-refractivity contribution in [1.29, 1.82) is 0 Å². The second kappa shape index (κ2) is 8.62. The molecule has 1 aromatic heterocycles. The van der Waals surface area contributed by atoms with E-state index in [2.05, 4.69) is 31.5 Å². The van der Waals surface area contributed by atoms with Gasteiger partial charge in [-0.1, -0.05) is 6.07 Å². The molecule has 0 aliphatic heterocycles. The van der Waals surface area contributed by atoms with Gasteiger partial charge >= 0.3 is 6.18 Å². The maximum absolute atomic E-state index is 13.4. The van der Waals surface area contributed by atoms with Gasteiger partial charge in [0.05, 0.1) is 5.56 Å². The van der Waals surface area contributed by atoms with Gasteiger partial charge in [-0.2, -0.15) is 13.2 Å². The van der Waals surface area contributed by atoms with E-state index in [-0.39, 0.29) is 16.8 Å².